The van der Waals surface area contributed by atoms with Crippen molar-refractivity contribution >= 4 is 39.0 Å². The van der Waals surface area contributed by atoms with Crippen molar-refractivity contribution < 1.29 is 4.92 Å². The Kier molecular flexibility index (Phi) is 4.27. The molecule has 0 radical (unpaired) electrons. The van der Waals surface area contributed by atoms with Crippen LogP contribution in [-0.4, -0.2) is 14.9 Å². The van der Waals surface area contributed by atoms with Gasteiger partial charge in [0.1, 0.15) is 4.83 Å². The van der Waals surface area contributed by atoms with Crippen LogP contribution in [0.5, 0.6) is 0 Å². The molecule has 0 atom stereocenters. The van der Waals surface area contributed by atoms with Gasteiger partial charge in [0.05, 0.1) is 25.7 Å². The first kappa shape index (κ1) is 16.5. The number of aromatic amines is 1. The van der Waals surface area contributed by atoms with Crippen LogP contribution in [0, 0.1) is 10.1 Å². The van der Waals surface area contributed by atoms with Crippen molar-refractivity contribution in [1.29, 1.82) is 0 Å². The Hall–Kier alpha value is -2.97. The second-order valence-corrected chi connectivity index (χ2v) is 7.68. The largest absolute Gasteiger partial charge is 0.313 e. The van der Waals surface area contributed by atoms with Crippen LogP contribution < -0.4 is 5.56 Å². The van der Waals surface area contributed by atoms with Gasteiger partial charge < -0.3 is 4.98 Å². The second-order valence-electron chi connectivity index (χ2n) is 5.37. The SMILES string of the molecule is O=c1[nH]cnc2sc(Sc3ccccc3[N+](=O)[O-])c(-c3ccccc3)c12. The molecule has 4 aromatic rings. The van der Waals surface area contributed by atoms with Crippen LogP contribution in [0.4, 0.5) is 5.69 Å². The number of nitro benzene ring substituents is 1. The Labute approximate surface area is 155 Å². The van der Waals surface area contributed by atoms with Crippen LogP contribution >= 0.6 is 23.1 Å². The van der Waals surface area contributed by atoms with Gasteiger partial charge in [-0.15, -0.1) is 11.3 Å². The van der Waals surface area contributed by atoms with Crippen molar-refractivity contribution in [1.82, 2.24) is 9.97 Å². The lowest BCUT2D eigenvalue weighted by Gasteiger charge is -2.05. The highest BCUT2D eigenvalue weighted by Gasteiger charge is 2.21. The summed E-state index contributed by atoms with van der Waals surface area (Å²) in [6, 6.07) is 16.1. The fourth-order valence-electron chi connectivity index (χ4n) is 2.66. The van der Waals surface area contributed by atoms with E-state index < -0.39 is 4.92 Å². The summed E-state index contributed by atoms with van der Waals surface area (Å²) in [5.41, 5.74) is 1.44. The number of aromatic nitrogens is 2. The molecule has 0 saturated heterocycles. The van der Waals surface area contributed by atoms with E-state index in [2.05, 4.69) is 9.97 Å². The fraction of sp³-hybridized carbons (Fsp3) is 0. The van der Waals surface area contributed by atoms with Gasteiger partial charge in [-0.3, -0.25) is 14.9 Å². The predicted molar refractivity (Wildman–Crippen MR) is 103 cm³/mol. The number of nitrogens with one attached hydrogen (secondary N) is 1. The maximum Gasteiger partial charge on any atom is 0.283 e. The molecule has 2 aromatic heterocycles. The molecule has 6 nitrogen and oxygen atoms in total. The molecule has 2 heterocycles. The molecule has 0 bridgehead atoms. The molecule has 0 aliphatic carbocycles. The quantitative estimate of drug-likeness (QED) is 0.408. The van der Waals surface area contributed by atoms with Crippen molar-refractivity contribution in [3.8, 4) is 11.1 Å². The van der Waals surface area contributed by atoms with Crippen molar-refractivity contribution in [3.05, 3.63) is 81.4 Å². The lowest BCUT2D eigenvalue weighted by molar-refractivity contribution is -0.387. The highest BCUT2D eigenvalue weighted by Crippen LogP contribution is 2.46. The van der Waals surface area contributed by atoms with Crippen LogP contribution in [-0.2, 0) is 0 Å². The average Bonchev–Trinajstić information content (AvgIpc) is 3.02. The first-order chi connectivity index (χ1) is 12.6. The Morgan fingerprint density at radius 2 is 1.81 bits per heavy atom. The molecular formula is C18H11N3O3S2. The van der Waals surface area contributed by atoms with Gasteiger partial charge >= 0.3 is 0 Å². The van der Waals surface area contributed by atoms with Crippen LogP contribution in [0.3, 0.4) is 0 Å². The summed E-state index contributed by atoms with van der Waals surface area (Å²) in [6.07, 6.45) is 1.37. The topological polar surface area (TPSA) is 88.9 Å². The zero-order chi connectivity index (χ0) is 18.1. The van der Waals surface area contributed by atoms with E-state index >= 15 is 0 Å². The first-order valence-electron chi connectivity index (χ1n) is 7.62. The standard InChI is InChI=1S/C18H11N3O3S2/c22-16-15-14(11-6-2-1-3-7-11)18(26-17(15)20-10-19-16)25-13-9-5-4-8-12(13)21(23)24/h1-10H,(H,19,20,22). The van der Waals surface area contributed by atoms with E-state index in [-0.39, 0.29) is 11.2 Å². The molecule has 0 saturated carbocycles. The van der Waals surface area contributed by atoms with Gasteiger partial charge in [-0.05, 0) is 11.6 Å². The molecule has 8 heteroatoms. The van der Waals surface area contributed by atoms with E-state index in [4.69, 9.17) is 0 Å². The van der Waals surface area contributed by atoms with E-state index in [0.717, 1.165) is 15.3 Å². The molecule has 1 N–H and O–H groups in total. The highest BCUT2D eigenvalue weighted by atomic mass is 32.2. The summed E-state index contributed by atoms with van der Waals surface area (Å²) in [7, 11) is 0. The monoisotopic (exact) mass is 381 g/mol. The number of para-hydroxylation sites is 1. The Morgan fingerprint density at radius 1 is 1.08 bits per heavy atom. The van der Waals surface area contributed by atoms with E-state index in [9.17, 15) is 14.9 Å². The summed E-state index contributed by atoms with van der Waals surface area (Å²) >= 11 is 2.64. The predicted octanol–water partition coefficient (Wildman–Crippen LogP) is 4.71. The number of nitro groups is 1. The third-order valence-corrected chi connectivity index (χ3v) is 6.14. The molecule has 0 aliphatic rings. The van der Waals surface area contributed by atoms with Gasteiger partial charge in [0.25, 0.3) is 11.2 Å². The first-order valence-corrected chi connectivity index (χ1v) is 9.25. The molecule has 0 unspecified atom stereocenters. The Morgan fingerprint density at radius 3 is 2.58 bits per heavy atom. The number of hydrogen-bond donors (Lipinski definition) is 1. The fourth-order valence-corrected chi connectivity index (χ4v) is 5.14. The molecule has 0 spiro atoms. The van der Waals surface area contributed by atoms with E-state index in [1.54, 1.807) is 18.2 Å². The van der Waals surface area contributed by atoms with Crippen LogP contribution in [0.15, 0.2) is 74.8 Å². The molecule has 2 aromatic carbocycles. The van der Waals surface area contributed by atoms with Gasteiger partial charge in [0.2, 0.25) is 0 Å². The molecule has 0 fully saturated rings. The average molecular weight is 381 g/mol. The van der Waals surface area contributed by atoms with Crippen LogP contribution in [0.1, 0.15) is 0 Å². The number of thiophene rings is 1. The van der Waals surface area contributed by atoms with Crippen LogP contribution in [0.25, 0.3) is 21.3 Å². The normalized spacial score (nSPS) is 10.9. The third-order valence-electron chi connectivity index (χ3n) is 3.79. The highest BCUT2D eigenvalue weighted by molar-refractivity contribution is 8.01. The zero-order valence-electron chi connectivity index (χ0n) is 13.2. The van der Waals surface area contributed by atoms with E-state index in [1.165, 1.54) is 35.5 Å². The maximum absolute atomic E-state index is 12.4. The lowest BCUT2D eigenvalue weighted by atomic mass is 10.1. The zero-order valence-corrected chi connectivity index (χ0v) is 14.8. The van der Waals surface area contributed by atoms with Gasteiger partial charge in [0, 0.05) is 11.6 Å². The van der Waals surface area contributed by atoms with Gasteiger partial charge in [-0.25, -0.2) is 4.98 Å². The van der Waals surface area contributed by atoms with Gasteiger partial charge in [-0.1, -0.05) is 54.2 Å². The number of fused-ring (bicyclic) bond motifs is 1. The summed E-state index contributed by atoms with van der Waals surface area (Å²) in [4.78, 5) is 31.3. The number of benzene rings is 2. The molecule has 0 aliphatic heterocycles. The Balaban J connectivity index is 1.95. The minimum atomic E-state index is -0.400. The van der Waals surface area contributed by atoms with Crippen molar-refractivity contribution in [2.75, 3.05) is 0 Å². The number of H-pyrrole nitrogens is 1. The van der Waals surface area contributed by atoms with Crippen molar-refractivity contribution in [2.45, 2.75) is 9.10 Å². The molecule has 128 valence electrons. The number of nitrogens with zero attached hydrogens (tertiary/aromatic N) is 2. The maximum atomic E-state index is 12.4. The smallest absolute Gasteiger partial charge is 0.283 e. The second kappa shape index (κ2) is 6.74. The van der Waals surface area contributed by atoms with Gasteiger partial charge in [0.15, 0.2) is 0 Å². The number of hydrogen-bond acceptors (Lipinski definition) is 6. The number of rotatable bonds is 4. The molecule has 4 rings (SSSR count). The summed E-state index contributed by atoms with van der Waals surface area (Å²) in [5, 5.41) is 11.8. The van der Waals surface area contributed by atoms with E-state index in [1.807, 2.05) is 30.3 Å². The third kappa shape index (κ3) is 2.89. The van der Waals surface area contributed by atoms with E-state index in [0.29, 0.717) is 15.1 Å². The van der Waals surface area contributed by atoms with Crippen LogP contribution in [0.2, 0.25) is 0 Å². The van der Waals surface area contributed by atoms with Crippen molar-refractivity contribution in [3.63, 3.8) is 0 Å². The molecule has 0 amide bonds. The summed E-state index contributed by atoms with van der Waals surface area (Å²) < 4.78 is 0.796. The molecular weight excluding hydrogens is 370 g/mol. The van der Waals surface area contributed by atoms with Crippen molar-refractivity contribution in [2.24, 2.45) is 0 Å². The summed E-state index contributed by atoms with van der Waals surface area (Å²) in [5.74, 6) is 0. The van der Waals surface area contributed by atoms with Gasteiger partial charge in [-0.2, -0.15) is 0 Å². The summed E-state index contributed by atoms with van der Waals surface area (Å²) in [6.45, 7) is 0. The Bertz CT molecular complexity index is 1170. The lowest BCUT2D eigenvalue weighted by Crippen LogP contribution is -2.05. The minimum absolute atomic E-state index is 0.0378. The molecule has 26 heavy (non-hydrogen) atoms. The minimum Gasteiger partial charge on any atom is -0.313 e.